The van der Waals surface area contributed by atoms with Crippen LogP contribution in [0.2, 0.25) is 0 Å². The molecule has 1 aliphatic rings. The van der Waals surface area contributed by atoms with E-state index in [9.17, 15) is 14.4 Å². The van der Waals surface area contributed by atoms with Crippen LogP contribution in [0.25, 0.3) is 0 Å². The molecule has 1 aliphatic heterocycles. The zero-order chi connectivity index (χ0) is 21.1. The number of carbonyl (C=O) groups excluding carboxylic acids is 3. The highest BCUT2D eigenvalue weighted by Crippen LogP contribution is 2.20. The number of carbonyl (C=O) groups is 3. The van der Waals surface area contributed by atoms with Gasteiger partial charge < -0.3 is 15.1 Å². The van der Waals surface area contributed by atoms with Crippen molar-refractivity contribution in [2.24, 2.45) is 0 Å². The molecule has 0 unspecified atom stereocenters. The molecule has 29 heavy (non-hydrogen) atoms. The smallest absolute Gasteiger partial charge is 0.253 e. The van der Waals surface area contributed by atoms with Gasteiger partial charge >= 0.3 is 0 Å². The van der Waals surface area contributed by atoms with Gasteiger partial charge in [0.05, 0.1) is 0 Å². The van der Waals surface area contributed by atoms with Crippen molar-refractivity contribution in [3.8, 4) is 0 Å². The third-order valence-corrected chi connectivity index (χ3v) is 5.44. The van der Waals surface area contributed by atoms with Crippen molar-refractivity contribution in [3.63, 3.8) is 0 Å². The molecule has 2 rings (SSSR count). The fourth-order valence-electron chi connectivity index (χ4n) is 3.88. The molecule has 1 aromatic carbocycles. The summed E-state index contributed by atoms with van der Waals surface area (Å²) in [5, 5.41) is 2.79. The summed E-state index contributed by atoms with van der Waals surface area (Å²) in [7, 11) is 0. The third-order valence-electron chi connectivity index (χ3n) is 5.44. The second-order valence-corrected chi connectivity index (χ2v) is 7.77. The van der Waals surface area contributed by atoms with Crippen LogP contribution in [0.4, 0.5) is 0 Å². The molecular formula is C23H35N3O3. The summed E-state index contributed by atoms with van der Waals surface area (Å²) in [6.45, 7) is 6.47. The molecule has 3 amide bonds. The number of unbranched alkanes of at least 4 members (excludes halogenated alkanes) is 2. The Bertz CT molecular complexity index is 655. The van der Waals surface area contributed by atoms with E-state index in [1.165, 1.54) is 6.92 Å². The average Bonchev–Trinajstić information content (AvgIpc) is 2.74. The first kappa shape index (κ1) is 22.9. The maximum atomic E-state index is 12.8. The standard InChI is InChI=1S/C23H35N3O3/c1-3-16-26(22(28)12-8-5-9-15-24-19(2)27)21-13-17-25(18-14-21)23(29)20-10-6-4-7-11-20/h4,6-7,10-11,21H,3,5,8-9,12-18H2,1-2H3,(H,24,27). The topological polar surface area (TPSA) is 69.7 Å². The number of piperidine rings is 1. The first-order chi connectivity index (χ1) is 14.0. The number of nitrogens with one attached hydrogen (secondary N) is 1. The predicted molar refractivity (Wildman–Crippen MR) is 115 cm³/mol. The largest absolute Gasteiger partial charge is 0.356 e. The van der Waals surface area contributed by atoms with Gasteiger partial charge in [-0.15, -0.1) is 0 Å². The number of rotatable bonds is 10. The minimum Gasteiger partial charge on any atom is -0.356 e. The maximum absolute atomic E-state index is 12.8. The van der Waals surface area contributed by atoms with Crippen molar-refractivity contribution in [2.75, 3.05) is 26.2 Å². The number of hydrogen-bond acceptors (Lipinski definition) is 3. The van der Waals surface area contributed by atoms with Crippen molar-refractivity contribution in [3.05, 3.63) is 35.9 Å². The van der Waals surface area contributed by atoms with Gasteiger partial charge in [0.25, 0.3) is 5.91 Å². The fourth-order valence-corrected chi connectivity index (χ4v) is 3.88. The quantitative estimate of drug-likeness (QED) is 0.612. The first-order valence-electron chi connectivity index (χ1n) is 10.9. The second kappa shape index (κ2) is 12.2. The zero-order valence-electron chi connectivity index (χ0n) is 17.9. The van der Waals surface area contributed by atoms with E-state index in [0.717, 1.165) is 50.6 Å². The van der Waals surface area contributed by atoms with Crippen LogP contribution in [-0.2, 0) is 9.59 Å². The van der Waals surface area contributed by atoms with Gasteiger partial charge in [-0.2, -0.15) is 0 Å². The first-order valence-corrected chi connectivity index (χ1v) is 10.9. The van der Waals surface area contributed by atoms with Gasteiger partial charge in [0, 0.05) is 51.1 Å². The molecular weight excluding hydrogens is 366 g/mol. The van der Waals surface area contributed by atoms with E-state index in [1.54, 1.807) is 0 Å². The Labute approximate surface area is 174 Å². The molecule has 0 aromatic heterocycles. The zero-order valence-corrected chi connectivity index (χ0v) is 17.9. The number of nitrogens with zero attached hydrogens (tertiary/aromatic N) is 2. The molecule has 0 radical (unpaired) electrons. The van der Waals surface area contributed by atoms with Gasteiger partial charge in [0.2, 0.25) is 11.8 Å². The maximum Gasteiger partial charge on any atom is 0.253 e. The monoisotopic (exact) mass is 401 g/mol. The van der Waals surface area contributed by atoms with Crippen molar-refractivity contribution in [1.82, 2.24) is 15.1 Å². The highest BCUT2D eigenvalue weighted by Gasteiger charge is 2.29. The van der Waals surface area contributed by atoms with E-state index in [0.29, 0.717) is 26.1 Å². The number of likely N-dealkylation sites (tertiary alicyclic amines) is 1. The Morgan fingerprint density at radius 1 is 1.07 bits per heavy atom. The van der Waals surface area contributed by atoms with Crippen LogP contribution in [0.15, 0.2) is 30.3 Å². The second-order valence-electron chi connectivity index (χ2n) is 7.77. The number of benzene rings is 1. The van der Waals surface area contributed by atoms with Crippen LogP contribution in [0, 0.1) is 0 Å². The van der Waals surface area contributed by atoms with E-state index < -0.39 is 0 Å². The van der Waals surface area contributed by atoms with E-state index >= 15 is 0 Å². The average molecular weight is 402 g/mol. The molecule has 0 bridgehead atoms. The highest BCUT2D eigenvalue weighted by atomic mass is 16.2. The van der Waals surface area contributed by atoms with Crippen molar-refractivity contribution in [2.45, 2.75) is 64.8 Å². The number of amides is 3. The molecule has 1 saturated heterocycles. The summed E-state index contributed by atoms with van der Waals surface area (Å²) in [5.74, 6) is 0.295. The summed E-state index contributed by atoms with van der Waals surface area (Å²) in [5.41, 5.74) is 0.728. The Morgan fingerprint density at radius 3 is 2.38 bits per heavy atom. The summed E-state index contributed by atoms with van der Waals surface area (Å²) in [6.07, 6.45) is 5.88. The summed E-state index contributed by atoms with van der Waals surface area (Å²) < 4.78 is 0. The summed E-state index contributed by atoms with van der Waals surface area (Å²) >= 11 is 0. The normalized spacial score (nSPS) is 14.5. The summed E-state index contributed by atoms with van der Waals surface area (Å²) in [4.78, 5) is 40.2. The van der Waals surface area contributed by atoms with Crippen molar-refractivity contribution in [1.29, 1.82) is 0 Å². The van der Waals surface area contributed by atoms with Gasteiger partial charge in [-0.05, 0) is 44.2 Å². The molecule has 160 valence electrons. The van der Waals surface area contributed by atoms with Gasteiger partial charge in [-0.25, -0.2) is 0 Å². The Balaban J connectivity index is 1.78. The van der Waals surface area contributed by atoms with E-state index in [-0.39, 0.29) is 23.8 Å². The molecule has 6 heteroatoms. The molecule has 1 heterocycles. The lowest BCUT2D eigenvalue weighted by Crippen LogP contribution is -2.49. The SMILES string of the molecule is CCCN(C(=O)CCCCCNC(C)=O)C1CCN(C(=O)c2ccccc2)CC1. The molecule has 0 atom stereocenters. The molecule has 1 fully saturated rings. The molecule has 0 saturated carbocycles. The lowest BCUT2D eigenvalue weighted by atomic mass is 10.0. The van der Waals surface area contributed by atoms with Crippen LogP contribution in [0.5, 0.6) is 0 Å². The van der Waals surface area contributed by atoms with Crippen LogP contribution in [-0.4, -0.2) is 59.7 Å². The molecule has 0 spiro atoms. The molecule has 6 nitrogen and oxygen atoms in total. The van der Waals surface area contributed by atoms with Gasteiger partial charge in [0.1, 0.15) is 0 Å². The Hall–Kier alpha value is -2.37. The van der Waals surface area contributed by atoms with Crippen molar-refractivity contribution < 1.29 is 14.4 Å². The third kappa shape index (κ3) is 7.52. The lowest BCUT2D eigenvalue weighted by molar-refractivity contribution is -0.134. The molecule has 0 aliphatic carbocycles. The Kier molecular flexibility index (Phi) is 9.68. The summed E-state index contributed by atoms with van der Waals surface area (Å²) in [6, 6.07) is 9.62. The van der Waals surface area contributed by atoms with Gasteiger partial charge in [-0.3, -0.25) is 14.4 Å². The highest BCUT2D eigenvalue weighted by molar-refractivity contribution is 5.94. The van der Waals surface area contributed by atoms with E-state index in [2.05, 4.69) is 12.2 Å². The minimum absolute atomic E-state index is 0.00714. The minimum atomic E-state index is -0.00714. The van der Waals surface area contributed by atoms with E-state index in [1.807, 2.05) is 40.1 Å². The van der Waals surface area contributed by atoms with Gasteiger partial charge in [-0.1, -0.05) is 31.5 Å². The van der Waals surface area contributed by atoms with Crippen molar-refractivity contribution >= 4 is 17.7 Å². The molecule has 1 N–H and O–H groups in total. The fraction of sp³-hybridized carbons (Fsp3) is 0.609. The van der Waals surface area contributed by atoms with E-state index in [4.69, 9.17) is 0 Å². The van der Waals surface area contributed by atoms with Crippen LogP contribution in [0.1, 0.15) is 69.2 Å². The van der Waals surface area contributed by atoms with Crippen LogP contribution in [0.3, 0.4) is 0 Å². The lowest BCUT2D eigenvalue weighted by Gasteiger charge is -2.38. The van der Waals surface area contributed by atoms with Crippen LogP contribution < -0.4 is 5.32 Å². The number of hydrogen-bond donors (Lipinski definition) is 1. The predicted octanol–water partition coefficient (Wildman–Crippen LogP) is 3.23. The Morgan fingerprint density at radius 2 is 1.76 bits per heavy atom. The molecule has 1 aromatic rings. The van der Waals surface area contributed by atoms with Crippen LogP contribution >= 0.6 is 0 Å². The van der Waals surface area contributed by atoms with Gasteiger partial charge in [0.15, 0.2) is 0 Å².